The average Bonchev–Trinajstić information content (AvgIpc) is 2.72. The Hall–Kier alpha value is -3.04. The quantitative estimate of drug-likeness (QED) is 0.378. The smallest absolute Gasteiger partial charge is 0.328 e. The fourth-order valence-corrected chi connectivity index (χ4v) is 3.01. The molecule has 2 aromatic carbocycles. The van der Waals surface area contributed by atoms with Crippen molar-refractivity contribution in [3.8, 4) is 5.75 Å². The second-order valence-corrected chi connectivity index (χ2v) is 5.26. The maximum absolute atomic E-state index is 13.0. The number of nitrogens with zero attached hydrogens (tertiary/aromatic N) is 2. The molecule has 0 unspecified atom stereocenters. The summed E-state index contributed by atoms with van der Waals surface area (Å²) in [4.78, 5) is 27.9. The van der Waals surface area contributed by atoms with Gasteiger partial charge in [-0.2, -0.15) is 4.79 Å². The highest BCUT2D eigenvalue weighted by atomic mass is 16.5. The summed E-state index contributed by atoms with van der Waals surface area (Å²) in [6.45, 7) is 0. The van der Waals surface area contributed by atoms with Gasteiger partial charge in [-0.05, 0) is 36.1 Å². The van der Waals surface area contributed by atoms with Crippen LogP contribution in [0.4, 0.5) is 0 Å². The minimum atomic E-state index is -0.440. The molecule has 3 rings (SSSR count). The van der Waals surface area contributed by atoms with Crippen LogP contribution in [0.3, 0.4) is 0 Å². The molecule has 0 bridgehead atoms. The van der Waals surface area contributed by atoms with Gasteiger partial charge < -0.3 is 10.3 Å². The number of methoxy groups -OCH3 is 1. The number of aryl methyl sites for hydroxylation is 1. The summed E-state index contributed by atoms with van der Waals surface area (Å²) >= 11 is 0. The Morgan fingerprint density at radius 3 is 2.74 bits per heavy atom. The lowest BCUT2D eigenvalue weighted by atomic mass is 9.92. The van der Waals surface area contributed by atoms with Crippen molar-refractivity contribution < 1.29 is 19.1 Å². The summed E-state index contributed by atoms with van der Waals surface area (Å²) < 4.78 is 5.33. The Balaban J connectivity index is 2.27. The normalized spacial score (nSPS) is 12.5. The van der Waals surface area contributed by atoms with Crippen LogP contribution in [0.25, 0.3) is 5.53 Å². The Morgan fingerprint density at radius 2 is 2.00 bits per heavy atom. The Bertz CT molecular complexity index is 865. The van der Waals surface area contributed by atoms with E-state index in [2.05, 4.69) is 4.79 Å². The highest BCUT2D eigenvalue weighted by Gasteiger charge is 2.28. The van der Waals surface area contributed by atoms with Crippen LogP contribution in [0.15, 0.2) is 36.4 Å². The molecule has 114 valence electrons. The van der Waals surface area contributed by atoms with Crippen LogP contribution in [0.2, 0.25) is 0 Å². The predicted octanol–water partition coefficient (Wildman–Crippen LogP) is 2.51. The van der Waals surface area contributed by atoms with Crippen LogP contribution in [0.5, 0.6) is 5.75 Å². The number of ether oxygens (including phenoxy) is 1. The van der Waals surface area contributed by atoms with Gasteiger partial charge in [0.25, 0.3) is 5.78 Å². The van der Waals surface area contributed by atoms with Gasteiger partial charge in [-0.25, -0.2) is 0 Å². The van der Waals surface area contributed by atoms with Gasteiger partial charge in [-0.3, -0.25) is 9.59 Å². The van der Waals surface area contributed by atoms with Crippen LogP contribution in [-0.4, -0.2) is 29.7 Å². The van der Waals surface area contributed by atoms with E-state index >= 15 is 0 Å². The van der Waals surface area contributed by atoms with Crippen molar-refractivity contribution in [2.24, 2.45) is 0 Å². The molecule has 1 aliphatic carbocycles. The van der Waals surface area contributed by atoms with Gasteiger partial charge in [0.1, 0.15) is 5.75 Å². The fraction of sp³-hybridized carbons (Fsp3) is 0.167. The third kappa shape index (κ3) is 2.47. The molecule has 0 radical (unpaired) electrons. The van der Waals surface area contributed by atoms with Crippen molar-refractivity contribution >= 4 is 17.8 Å². The average molecular weight is 306 g/mol. The first-order chi connectivity index (χ1) is 11.2. The number of fused-ring (bicyclic) bond motifs is 2. The third-order valence-corrected chi connectivity index (χ3v) is 4.07. The van der Waals surface area contributed by atoms with Gasteiger partial charge in [0, 0.05) is 11.1 Å². The van der Waals surface area contributed by atoms with Gasteiger partial charge in [0.2, 0.25) is 0 Å². The molecule has 0 heterocycles. The molecule has 0 saturated heterocycles. The summed E-state index contributed by atoms with van der Waals surface area (Å²) in [5.41, 5.74) is 11.6. The number of Topliss-reactive ketones (excluding diaryl/α,β-unsaturated/α-hetero) is 1. The standard InChI is InChI=1S/C18H14N2O3/c1-23-16-9-8-13(15(21)10-20-19)14-7-6-11-4-2-3-5-12(11)18(22)17(14)16/h2-5,8-10H,6-7H2,1H3. The molecule has 0 saturated carbocycles. The molecule has 0 amide bonds. The molecular formula is C18H14N2O3. The maximum atomic E-state index is 13.0. The maximum Gasteiger partial charge on any atom is 0.328 e. The number of carbonyl (C=O) groups excluding carboxylic acids is 2. The zero-order valence-corrected chi connectivity index (χ0v) is 12.6. The number of rotatable bonds is 3. The van der Waals surface area contributed by atoms with E-state index in [1.807, 2.05) is 18.2 Å². The number of hydrogen-bond donors (Lipinski definition) is 0. The largest absolute Gasteiger partial charge is 0.496 e. The van der Waals surface area contributed by atoms with Gasteiger partial charge in [-0.15, -0.1) is 0 Å². The van der Waals surface area contributed by atoms with E-state index in [9.17, 15) is 9.59 Å². The highest BCUT2D eigenvalue weighted by Crippen LogP contribution is 2.33. The molecule has 0 atom stereocenters. The zero-order valence-electron chi connectivity index (χ0n) is 12.6. The van der Waals surface area contributed by atoms with E-state index in [-0.39, 0.29) is 5.78 Å². The van der Waals surface area contributed by atoms with Gasteiger partial charge in [-0.1, -0.05) is 24.3 Å². The summed E-state index contributed by atoms with van der Waals surface area (Å²) in [6, 6.07) is 10.6. The molecule has 1 aliphatic rings. The monoisotopic (exact) mass is 306 g/mol. The van der Waals surface area contributed by atoms with Crippen LogP contribution in [-0.2, 0) is 12.8 Å². The zero-order chi connectivity index (χ0) is 16.4. The Kier molecular flexibility index (Phi) is 3.87. The summed E-state index contributed by atoms with van der Waals surface area (Å²) in [7, 11) is 1.50. The molecule has 0 fully saturated rings. The third-order valence-electron chi connectivity index (χ3n) is 4.07. The summed E-state index contributed by atoms with van der Waals surface area (Å²) in [5, 5.41) is 0. The Morgan fingerprint density at radius 1 is 1.22 bits per heavy atom. The van der Waals surface area contributed by atoms with E-state index in [0.717, 1.165) is 11.8 Å². The second kappa shape index (κ2) is 5.99. The SMILES string of the molecule is COc1ccc(C(=O)C=[N+]=[N-])c2c1C(=O)c1ccccc1CC2. The minimum Gasteiger partial charge on any atom is -0.496 e. The topological polar surface area (TPSA) is 79.8 Å². The highest BCUT2D eigenvalue weighted by molar-refractivity contribution is 6.34. The van der Waals surface area contributed by atoms with Crippen molar-refractivity contribution in [2.75, 3.05) is 7.11 Å². The number of carbonyl (C=O) groups is 2. The molecule has 23 heavy (non-hydrogen) atoms. The minimum absolute atomic E-state index is 0.152. The lowest BCUT2D eigenvalue weighted by molar-refractivity contribution is 0.00233. The number of ketones is 2. The molecule has 5 heteroatoms. The van der Waals surface area contributed by atoms with E-state index in [1.165, 1.54) is 7.11 Å². The fourth-order valence-electron chi connectivity index (χ4n) is 3.01. The first kappa shape index (κ1) is 14.9. The summed E-state index contributed by atoms with van der Waals surface area (Å²) in [6.07, 6.45) is 2.03. The number of hydrogen-bond acceptors (Lipinski definition) is 3. The summed E-state index contributed by atoms with van der Waals surface area (Å²) in [5.74, 6) is -0.148. The first-order valence-corrected chi connectivity index (χ1v) is 7.21. The molecule has 0 aromatic heterocycles. The predicted molar refractivity (Wildman–Crippen MR) is 84.3 cm³/mol. The molecule has 0 spiro atoms. The van der Waals surface area contributed by atoms with Crippen molar-refractivity contribution in [1.29, 1.82) is 0 Å². The van der Waals surface area contributed by atoms with Crippen LogP contribution < -0.4 is 4.74 Å². The van der Waals surface area contributed by atoms with Gasteiger partial charge in [0.05, 0.1) is 12.7 Å². The van der Waals surface area contributed by atoms with Crippen molar-refractivity contribution in [3.05, 3.63) is 69.7 Å². The van der Waals surface area contributed by atoms with E-state index in [1.54, 1.807) is 18.2 Å². The first-order valence-electron chi connectivity index (χ1n) is 7.21. The van der Waals surface area contributed by atoms with Gasteiger partial charge >= 0.3 is 6.21 Å². The van der Waals surface area contributed by atoms with E-state index < -0.39 is 5.78 Å². The van der Waals surface area contributed by atoms with Crippen molar-refractivity contribution in [1.82, 2.24) is 0 Å². The second-order valence-electron chi connectivity index (χ2n) is 5.26. The van der Waals surface area contributed by atoms with Crippen LogP contribution in [0, 0.1) is 0 Å². The Labute approximate surface area is 133 Å². The van der Waals surface area contributed by atoms with Crippen molar-refractivity contribution in [2.45, 2.75) is 12.8 Å². The molecule has 0 aliphatic heterocycles. The lowest BCUT2D eigenvalue weighted by Crippen LogP contribution is -2.12. The van der Waals surface area contributed by atoms with E-state index in [4.69, 9.17) is 10.3 Å². The molecule has 0 N–H and O–H groups in total. The molecular weight excluding hydrogens is 292 g/mol. The lowest BCUT2D eigenvalue weighted by Gasteiger charge is -2.13. The van der Waals surface area contributed by atoms with E-state index in [0.29, 0.717) is 40.8 Å². The van der Waals surface area contributed by atoms with Crippen LogP contribution in [0.1, 0.15) is 37.4 Å². The number of benzene rings is 2. The molecule has 5 nitrogen and oxygen atoms in total. The van der Waals surface area contributed by atoms with Gasteiger partial charge in [0.15, 0.2) is 5.78 Å². The van der Waals surface area contributed by atoms with Crippen LogP contribution >= 0.6 is 0 Å². The molecule has 2 aromatic rings. The van der Waals surface area contributed by atoms with Crippen molar-refractivity contribution in [3.63, 3.8) is 0 Å².